The largest absolute Gasteiger partial charge is 0.423 e. The Hall–Kier alpha value is -2.00. The van der Waals surface area contributed by atoms with Gasteiger partial charge in [-0.05, 0) is 34.1 Å². The molecule has 0 aliphatic rings. The molecular weight excluding hydrogens is 331 g/mol. The highest BCUT2D eigenvalue weighted by Gasteiger charge is 2.11. The van der Waals surface area contributed by atoms with Crippen molar-refractivity contribution in [2.45, 2.75) is 0 Å². The van der Waals surface area contributed by atoms with Gasteiger partial charge in [0.15, 0.2) is 0 Å². The van der Waals surface area contributed by atoms with Crippen LogP contribution in [0.25, 0.3) is 0 Å². The van der Waals surface area contributed by atoms with Crippen molar-refractivity contribution < 1.29 is 9.13 Å². The zero-order valence-electron chi connectivity index (χ0n) is 10.8. The van der Waals surface area contributed by atoms with E-state index in [0.29, 0.717) is 16.2 Å². The van der Waals surface area contributed by atoms with Crippen LogP contribution in [0, 0.1) is 5.82 Å². The van der Waals surface area contributed by atoms with Crippen molar-refractivity contribution in [2.75, 3.05) is 24.4 Å². The van der Waals surface area contributed by atoms with Gasteiger partial charge in [0.1, 0.15) is 11.6 Å². The normalized spacial score (nSPS) is 10.2. The molecule has 1 aromatic heterocycles. The molecule has 106 valence electrons. The smallest absolute Gasteiger partial charge is 0.328 e. The van der Waals surface area contributed by atoms with E-state index in [-0.39, 0.29) is 17.8 Å². The predicted octanol–water partition coefficient (Wildman–Crippen LogP) is 1.92. The van der Waals surface area contributed by atoms with E-state index in [4.69, 9.17) is 10.6 Å². The minimum Gasteiger partial charge on any atom is -0.423 e. The summed E-state index contributed by atoms with van der Waals surface area (Å²) in [6, 6.07) is 4.07. The van der Waals surface area contributed by atoms with Gasteiger partial charge in [0, 0.05) is 14.1 Å². The number of nitrogens with zero attached hydrogens (tertiary/aromatic N) is 4. The van der Waals surface area contributed by atoms with Crippen molar-refractivity contribution in [1.82, 2.24) is 15.0 Å². The number of halogens is 2. The zero-order chi connectivity index (χ0) is 14.7. The summed E-state index contributed by atoms with van der Waals surface area (Å²) in [4.78, 5) is 13.8. The van der Waals surface area contributed by atoms with Gasteiger partial charge in [0.25, 0.3) is 0 Å². The molecule has 0 bridgehead atoms. The Kier molecular flexibility index (Phi) is 4.30. The van der Waals surface area contributed by atoms with Crippen LogP contribution in [0.1, 0.15) is 0 Å². The Balaban J connectivity index is 2.34. The van der Waals surface area contributed by atoms with E-state index in [2.05, 4.69) is 36.3 Å². The lowest BCUT2D eigenvalue weighted by Crippen LogP contribution is -2.17. The summed E-state index contributed by atoms with van der Waals surface area (Å²) in [5.74, 6) is 5.84. The fraction of sp³-hybridized carbons (Fsp3) is 0.182. The molecule has 0 amide bonds. The van der Waals surface area contributed by atoms with Gasteiger partial charge in [-0.2, -0.15) is 15.0 Å². The molecule has 20 heavy (non-hydrogen) atoms. The van der Waals surface area contributed by atoms with Crippen LogP contribution in [-0.4, -0.2) is 29.0 Å². The summed E-state index contributed by atoms with van der Waals surface area (Å²) in [6.45, 7) is 0. The van der Waals surface area contributed by atoms with E-state index in [1.807, 2.05) is 0 Å². The van der Waals surface area contributed by atoms with E-state index in [0.717, 1.165) is 0 Å². The Morgan fingerprint density at radius 1 is 1.30 bits per heavy atom. The molecule has 0 saturated carbocycles. The number of benzene rings is 1. The second-order valence-corrected chi connectivity index (χ2v) is 4.81. The van der Waals surface area contributed by atoms with E-state index in [1.165, 1.54) is 18.2 Å². The second-order valence-electron chi connectivity index (χ2n) is 3.96. The summed E-state index contributed by atoms with van der Waals surface area (Å²) in [7, 11) is 3.54. The molecule has 2 aromatic rings. The predicted molar refractivity (Wildman–Crippen MR) is 76.1 cm³/mol. The summed E-state index contributed by atoms with van der Waals surface area (Å²) in [6.07, 6.45) is 0. The Morgan fingerprint density at radius 3 is 2.65 bits per heavy atom. The number of hydrogen-bond donors (Lipinski definition) is 2. The van der Waals surface area contributed by atoms with Crippen LogP contribution in [-0.2, 0) is 0 Å². The molecule has 9 heteroatoms. The van der Waals surface area contributed by atoms with Crippen LogP contribution in [0.4, 0.5) is 16.3 Å². The highest BCUT2D eigenvalue weighted by atomic mass is 79.9. The lowest BCUT2D eigenvalue weighted by molar-refractivity contribution is 0.436. The summed E-state index contributed by atoms with van der Waals surface area (Å²) >= 11 is 3.20. The number of nitrogen functional groups attached to an aromatic ring is 1. The van der Waals surface area contributed by atoms with Crippen molar-refractivity contribution in [1.29, 1.82) is 0 Å². The average Bonchev–Trinajstić information content (AvgIpc) is 2.41. The molecule has 0 spiro atoms. The van der Waals surface area contributed by atoms with E-state index < -0.39 is 0 Å². The molecule has 7 nitrogen and oxygen atoms in total. The number of ether oxygens (including phenoxy) is 1. The van der Waals surface area contributed by atoms with Crippen LogP contribution in [0.2, 0.25) is 0 Å². The average molecular weight is 343 g/mol. The van der Waals surface area contributed by atoms with Gasteiger partial charge in [-0.3, -0.25) is 5.43 Å². The third-order valence-corrected chi connectivity index (χ3v) is 2.85. The quantitative estimate of drug-likeness (QED) is 0.648. The van der Waals surface area contributed by atoms with Crippen molar-refractivity contribution in [2.24, 2.45) is 5.84 Å². The Bertz CT molecular complexity index is 624. The number of aromatic nitrogens is 3. The first-order valence-corrected chi connectivity index (χ1v) is 6.32. The van der Waals surface area contributed by atoms with E-state index in [1.54, 1.807) is 19.0 Å². The third-order valence-electron chi connectivity index (χ3n) is 2.23. The molecule has 0 unspecified atom stereocenters. The molecule has 0 atom stereocenters. The van der Waals surface area contributed by atoms with Crippen LogP contribution in [0.3, 0.4) is 0 Å². The first kappa shape index (κ1) is 14.4. The van der Waals surface area contributed by atoms with Crippen LogP contribution in [0.5, 0.6) is 11.8 Å². The number of hydrazine groups is 1. The fourth-order valence-corrected chi connectivity index (χ4v) is 1.74. The molecule has 3 N–H and O–H groups in total. The zero-order valence-corrected chi connectivity index (χ0v) is 12.3. The molecule has 1 aromatic carbocycles. The molecule has 0 aliphatic carbocycles. The van der Waals surface area contributed by atoms with Crippen LogP contribution in [0.15, 0.2) is 22.7 Å². The van der Waals surface area contributed by atoms with Gasteiger partial charge in [0.05, 0.1) is 4.47 Å². The van der Waals surface area contributed by atoms with Crippen molar-refractivity contribution in [3.63, 3.8) is 0 Å². The summed E-state index contributed by atoms with van der Waals surface area (Å²) in [5, 5.41) is 0. The number of rotatable bonds is 4. The van der Waals surface area contributed by atoms with Gasteiger partial charge in [-0.15, -0.1) is 0 Å². The number of nitrogens with two attached hydrogens (primary N) is 1. The van der Waals surface area contributed by atoms with Crippen LogP contribution < -0.4 is 20.9 Å². The minimum atomic E-state index is -0.377. The molecule has 0 aliphatic heterocycles. The highest BCUT2D eigenvalue weighted by molar-refractivity contribution is 9.10. The monoisotopic (exact) mass is 342 g/mol. The van der Waals surface area contributed by atoms with Gasteiger partial charge < -0.3 is 9.64 Å². The van der Waals surface area contributed by atoms with Crippen LogP contribution >= 0.6 is 15.9 Å². The summed E-state index contributed by atoms with van der Waals surface area (Å²) in [5.41, 5.74) is 2.33. The maximum atomic E-state index is 13.0. The molecule has 2 rings (SSSR count). The number of nitrogens with one attached hydrogen (secondary N) is 1. The standard InChI is InChI=1S/C11H12BrFN6O/c1-19(2)10-15-9(18-14)16-11(17-10)20-8-4-3-6(13)5-7(8)12/h3-5H,14H2,1-2H3,(H,15,16,17,18). The summed E-state index contributed by atoms with van der Waals surface area (Å²) < 4.78 is 19.0. The third kappa shape index (κ3) is 3.31. The van der Waals surface area contributed by atoms with E-state index in [9.17, 15) is 4.39 Å². The molecule has 0 radical (unpaired) electrons. The minimum absolute atomic E-state index is 0.0453. The first-order chi connectivity index (χ1) is 9.49. The molecule has 0 saturated heterocycles. The lowest BCUT2D eigenvalue weighted by Gasteiger charge is -2.13. The van der Waals surface area contributed by atoms with Crippen molar-refractivity contribution in [3.05, 3.63) is 28.5 Å². The van der Waals surface area contributed by atoms with E-state index >= 15 is 0 Å². The highest BCUT2D eigenvalue weighted by Crippen LogP contribution is 2.29. The first-order valence-electron chi connectivity index (χ1n) is 5.52. The fourth-order valence-electron chi connectivity index (χ4n) is 1.31. The van der Waals surface area contributed by atoms with Crippen molar-refractivity contribution >= 4 is 27.8 Å². The topological polar surface area (TPSA) is 89.2 Å². The van der Waals surface area contributed by atoms with Gasteiger partial charge in [-0.25, -0.2) is 10.2 Å². The molecule has 1 heterocycles. The van der Waals surface area contributed by atoms with Crippen molar-refractivity contribution in [3.8, 4) is 11.8 Å². The molecular formula is C11H12BrFN6O. The maximum Gasteiger partial charge on any atom is 0.328 e. The SMILES string of the molecule is CN(C)c1nc(NN)nc(Oc2ccc(F)cc2Br)n1. The Morgan fingerprint density at radius 2 is 2.05 bits per heavy atom. The van der Waals surface area contributed by atoms with Gasteiger partial charge in [-0.1, -0.05) is 0 Å². The lowest BCUT2D eigenvalue weighted by atomic mass is 10.3. The maximum absolute atomic E-state index is 13.0. The second kappa shape index (κ2) is 5.97. The number of anilines is 2. The number of hydrogen-bond acceptors (Lipinski definition) is 7. The van der Waals surface area contributed by atoms with Gasteiger partial charge in [0.2, 0.25) is 11.9 Å². The molecule has 0 fully saturated rings. The van der Waals surface area contributed by atoms with Gasteiger partial charge >= 0.3 is 6.01 Å². The Labute approximate surface area is 123 Å².